The van der Waals surface area contributed by atoms with Crippen molar-refractivity contribution >= 4 is 24.1 Å². The first-order valence-corrected chi connectivity index (χ1v) is 8.52. The average molecular weight is 400 g/mol. The largest absolute Gasteiger partial charge is 0.508 e. The summed E-state index contributed by atoms with van der Waals surface area (Å²) < 4.78 is 9.68. The van der Waals surface area contributed by atoms with Gasteiger partial charge in [0, 0.05) is 12.2 Å². The van der Waals surface area contributed by atoms with Gasteiger partial charge < -0.3 is 29.9 Å². The Bertz CT molecular complexity index is 899. The van der Waals surface area contributed by atoms with Crippen molar-refractivity contribution in [2.24, 2.45) is 0 Å². The second-order valence-electron chi connectivity index (χ2n) is 5.92. The van der Waals surface area contributed by atoms with Crippen LogP contribution in [-0.2, 0) is 19.1 Å². The Morgan fingerprint density at radius 1 is 0.793 bits per heavy atom. The van der Waals surface area contributed by atoms with Gasteiger partial charge in [-0.2, -0.15) is 0 Å². The molecule has 0 aliphatic heterocycles. The van der Waals surface area contributed by atoms with Gasteiger partial charge in [-0.3, -0.25) is 0 Å². The van der Waals surface area contributed by atoms with Gasteiger partial charge in [0.15, 0.2) is 11.5 Å². The highest BCUT2D eigenvalue weighted by Gasteiger charge is 2.10. The summed E-state index contributed by atoms with van der Waals surface area (Å²) in [5, 5.41) is 37.5. The third kappa shape index (κ3) is 7.77. The Morgan fingerprint density at radius 2 is 1.31 bits per heavy atom. The molecule has 2 aromatic carbocycles. The Morgan fingerprint density at radius 3 is 1.86 bits per heavy atom. The number of carbonyl (C=O) groups is 2. The van der Waals surface area contributed by atoms with E-state index in [1.54, 1.807) is 12.1 Å². The molecule has 8 nitrogen and oxygen atoms in total. The van der Waals surface area contributed by atoms with Crippen LogP contribution in [0.4, 0.5) is 0 Å². The number of phenolic OH excluding ortho intramolecular Hbond substituents is 3. The standard InChI is InChI=1S/C21H20O8/c22-16-6-1-14(2-7-16)4-9-20(26)28-12-17(23)13-29-21(27)10-5-15-3-8-18(24)19(25)11-15/h1-11,17,22-25H,12-13H2/t17-/m1/s1. The number of ether oxygens (including phenoxy) is 2. The summed E-state index contributed by atoms with van der Waals surface area (Å²) in [5.74, 6) is -1.92. The van der Waals surface area contributed by atoms with Gasteiger partial charge in [-0.05, 0) is 47.5 Å². The number of aliphatic hydroxyl groups excluding tert-OH is 1. The number of phenols is 3. The van der Waals surface area contributed by atoms with Crippen LogP contribution in [0.1, 0.15) is 11.1 Å². The molecule has 0 aliphatic rings. The molecule has 0 bridgehead atoms. The summed E-state index contributed by atoms with van der Waals surface area (Å²) >= 11 is 0. The van der Waals surface area contributed by atoms with Gasteiger partial charge in [0.05, 0.1) is 0 Å². The predicted molar refractivity (Wildman–Crippen MR) is 104 cm³/mol. The molecular weight excluding hydrogens is 380 g/mol. The average Bonchev–Trinajstić information content (AvgIpc) is 2.71. The maximum atomic E-state index is 11.6. The number of hydrogen-bond donors (Lipinski definition) is 4. The van der Waals surface area contributed by atoms with E-state index in [-0.39, 0.29) is 30.5 Å². The van der Waals surface area contributed by atoms with Gasteiger partial charge in [-0.25, -0.2) is 9.59 Å². The first-order valence-electron chi connectivity index (χ1n) is 8.52. The van der Waals surface area contributed by atoms with Gasteiger partial charge >= 0.3 is 11.9 Å². The minimum atomic E-state index is -1.20. The summed E-state index contributed by atoms with van der Waals surface area (Å²) in [5.41, 5.74) is 1.15. The van der Waals surface area contributed by atoms with E-state index < -0.39 is 18.0 Å². The summed E-state index contributed by atoms with van der Waals surface area (Å²) in [4.78, 5) is 23.2. The Hall–Kier alpha value is -3.78. The van der Waals surface area contributed by atoms with Crippen LogP contribution in [0.25, 0.3) is 12.2 Å². The van der Waals surface area contributed by atoms with Crippen molar-refractivity contribution in [3.63, 3.8) is 0 Å². The van der Waals surface area contributed by atoms with Crippen LogP contribution in [0, 0.1) is 0 Å². The molecule has 0 saturated carbocycles. The summed E-state index contributed by atoms with van der Waals surface area (Å²) in [6.07, 6.45) is 3.91. The smallest absolute Gasteiger partial charge is 0.330 e. The van der Waals surface area contributed by atoms with Crippen molar-refractivity contribution in [2.45, 2.75) is 6.10 Å². The molecule has 0 aromatic heterocycles. The van der Waals surface area contributed by atoms with Crippen LogP contribution < -0.4 is 0 Å². The molecule has 0 aliphatic carbocycles. The molecule has 0 amide bonds. The van der Waals surface area contributed by atoms with E-state index in [0.29, 0.717) is 11.1 Å². The molecule has 0 unspecified atom stereocenters. The molecular formula is C21H20O8. The van der Waals surface area contributed by atoms with Crippen molar-refractivity contribution in [3.05, 3.63) is 65.7 Å². The van der Waals surface area contributed by atoms with Crippen LogP contribution in [0.5, 0.6) is 17.2 Å². The van der Waals surface area contributed by atoms with E-state index in [9.17, 15) is 30.0 Å². The molecule has 29 heavy (non-hydrogen) atoms. The van der Waals surface area contributed by atoms with E-state index in [1.807, 2.05) is 0 Å². The van der Waals surface area contributed by atoms with Gasteiger partial charge in [-0.1, -0.05) is 18.2 Å². The molecule has 2 rings (SSSR count). The number of aromatic hydroxyl groups is 3. The fraction of sp³-hybridized carbons (Fsp3) is 0.143. The fourth-order valence-electron chi connectivity index (χ4n) is 2.06. The first kappa shape index (κ1) is 21.5. The van der Waals surface area contributed by atoms with Crippen LogP contribution in [0.3, 0.4) is 0 Å². The number of hydrogen-bond acceptors (Lipinski definition) is 8. The number of esters is 2. The van der Waals surface area contributed by atoms with E-state index >= 15 is 0 Å². The van der Waals surface area contributed by atoms with Crippen LogP contribution >= 0.6 is 0 Å². The minimum Gasteiger partial charge on any atom is -0.508 e. The lowest BCUT2D eigenvalue weighted by Crippen LogP contribution is -2.24. The zero-order chi connectivity index (χ0) is 21.2. The van der Waals surface area contributed by atoms with Gasteiger partial charge in [0.2, 0.25) is 0 Å². The third-order valence-electron chi connectivity index (χ3n) is 3.55. The molecule has 0 saturated heterocycles. The van der Waals surface area contributed by atoms with Crippen LogP contribution in [-0.4, -0.2) is 51.7 Å². The number of benzene rings is 2. The zero-order valence-electron chi connectivity index (χ0n) is 15.3. The van der Waals surface area contributed by atoms with Crippen molar-refractivity contribution < 1.29 is 39.5 Å². The van der Waals surface area contributed by atoms with Crippen molar-refractivity contribution in [3.8, 4) is 17.2 Å². The predicted octanol–water partition coefficient (Wildman–Crippen LogP) is 1.98. The highest BCUT2D eigenvalue weighted by molar-refractivity contribution is 5.87. The summed E-state index contributed by atoms with van der Waals surface area (Å²) in [7, 11) is 0. The molecule has 0 radical (unpaired) electrons. The van der Waals surface area contributed by atoms with Gasteiger partial charge in [0.25, 0.3) is 0 Å². The topological polar surface area (TPSA) is 134 Å². The molecule has 2 aromatic rings. The van der Waals surface area contributed by atoms with Crippen molar-refractivity contribution in [2.75, 3.05) is 13.2 Å². The van der Waals surface area contributed by atoms with Crippen LogP contribution in [0.15, 0.2) is 54.6 Å². The molecule has 152 valence electrons. The third-order valence-corrected chi connectivity index (χ3v) is 3.55. The SMILES string of the molecule is O=C(C=Cc1ccc(O)cc1)OC[C@@H](O)COC(=O)C=Cc1ccc(O)c(O)c1. The first-order chi connectivity index (χ1) is 13.8. The van der Waals surface area contributed by atoms with Gasteiger partial charge in [-0.15, -0.1) is 0 Å². The van der Waals surface area contributed by atoms with E-state index in [2.05, 4.69) is 0 Å². The molecule has 0 spiro atoms. The normalized spacial score (nSPS) is 12.2. The molecule has 0 fully saturated rings. The number of aliphatic hydroxyl groups is 1. The van der Waals surface area contributed by atoms with Crippen molar-refractivity contribution in [1.29, 1.82) is 0 Å². The molecule has 1 atom stereocenters. The minimum absolute atomic E-state index is 0.110. The van der Waals surface area contributed by atoms with Crippen molar-refractivity contribution in [1.82, 2.24) is 0 Å². The highest BCUT2D eigenvalue weighted by atomic mass is 16.6. The maximum absolute atomic E-state index is 11.6. The Kier molecular flexibility index (Phi) is 7.81. The van der Waals surface area contributed by atoms with E-state index in [0.717, 1.165) is 6.08 Å². The van der Waals surface area contributed by atoms with Gasteiger partial charge in [0.1, 0.15) is 25.1 Å². The Labute approximate surface area is 166 Å². The second-order valence-corrected chi connectivity index (χ2v) is 5.92. The van der Waals surface area contributed by atoms with E-state index in [4.69, 9.17) is 9.47 Å². The van der Waals surface area contributed by atoms with E-state index in [1.165, 1.54) is 48.6 Å². The lowest BCUT2D eigenvalue weighted by molar-refractivity contribution is -0.146. The molecule has 4 N–H and O–H groups in total. The second kappa shape index (κ2) is 10.5. The molecule has 0 heterocycles. The zero-order valence-corrected chi connectivity index (χ0v) is 15.3. The lowest BCUT2D eigenvalue weighted by Gasteiger charge is -2.10. The number of rotatable bonds is 8. The quantitative estimate of drug-likeness (QED) is 0.300. The fourth-order valence-corrected chi connectivity index (χ4v) is 2.06. The maximum Gasteiger partial charge on any atom is 0.330 e. The number of carbonyl (C=O) groups excluding carboxylic acids is 2. The monoisotopic (exact) mass is 400 g/mol. The Balaban J connectivity index is 1.70. The molecule has 8 heteroatoms. The lowest BCUT2D eigenvalue weighted by atomic mass is 10.2. The van der Waals surface area contributed by atoms with Crippen LogP contribution in [0.2, 0.25) is 0 Å². The summed E-state index contributed by atoms with van der Waals surface area (Å²) in [6, 6.07) is 10.2. The highest BCUT2D eigenvalue weighted by Crippen LogP contribution is 2.25. The summed E-state index contributed by atoms with van der Waals surface area (Å²) in [6.45, 7) is -0.736.